The van der Waals surface area contributed by atoms with E-state index in [4.69, 9.17) is 5.11 Å². The van der Waals surface area contributed by atoms with Gasteiger partial charge in [0.25, 0.3) is 0 Å². The van der Waals surface area contributed by atoms with E-state index in [-0.39, 0.29) is 6.54 Å². The van der Waals surface area contributed by atoms with Crippen LogP contribution in [0.5, 0.6) is 0 Å². The molecule has 0 saturated heterocycles. The second-order valence-electron chi connectivity index (χ2n) is 1.88. The van der Waals surface area contributed by atoms with Gasteiger partial charge in [0, 0.05) is 0 Å². The molecular weight excluding hydrogens is 136 g/mol. The molecule has 10 heavy (non-hydrogen) atoms. The summed E-state index contributed by atoms with van der Waals surface area (Å²) in [5, 5.41) is 22.2. The van der Waals surface area contributed by atoms with E-state index < -0.39 is 6.10 Å². The Morgan fingerprint density at radius 3 is 2.80 bits per heavy atom. The summed E-state index contributed by atoms with van der Waals surface area (Å²) < 4.78 is 0. The summed E-state index contributed by atoms with van der Waals surface area (Å²) in [5.41, 5.74) is 0. The Morgan fingerprint density at radius 1 is 1.80 bits per heavy atom. The van der Waals surface area contributed by atoms with Gasteiger partial charge in [0.05, 0.1) is 0 Å². The molecule has 0 spiro atoms. The van der Waals surface area contributed by atoms with Crippen LogP contribution in [-0.2, 0) is 4.84 Å². The molecule has 0 saturated carbocycles. The lowest BCUT2D eigenvalue weighted by atomic mass is 10.4. The number of hydrogen-bond donors (Lipinski definition) is 1. The van der Waals surface area contributed by atoms with E-state index in [1.165, 1.54) is 6.92 Å². The molecule has 0 fully saturated rings. The minimum atomic E-state index is -0.679. The van der Waals surface area contributed by atoms with Crippen LogP contribution in [0.15, 0.2) is 5.28 Å². The first-order valence-corrected chi connectivity index (χ1v) is 3.12. The van der Waals surface area contributed by atoms with Gasteiger partial charge in [0.15, 0.2) is 5.28 Å². The molecular formula is C5H12N2O3. The number of hydrogen-bond acceptors (Lipinski definition) is 4. The van der Waals surface area contributed by atoms with Gasteiger partial charge < -0.3 is 15.2 Å². The molecule has 0 aliphatic rings. The summed E-state index contributed by atoms with van der Waals surface area (Å²) in [7, 11) is 0. The Morgan fingerprint density at radius 2 is 2.40 bits per heavy atom. The number of aliphatic hydroxyl groups is 1. The van der Waals surface area contributed by atoms with Crippen molar-refractivity contribution in [3.8, 4) is 0 Å². The molecule has 0 aromatic rings. The van der Waals surface area contributed by atoms with Crippen LogP contribution < -0.4 is 0 Å². The minimum Gasteiger partial charge on any atom is -0.597 e. The van der Waals surface area contributed by atoms with E-state index in [0.717, 1.165) is 0 Å². The molecule has 0 radical (unpaired) electrons. The summed E-state index contributed by atoms with van der Waals surface area (Å²) in [6, 6.07) is 0. The molecule has 1 N–H and O–H groups in total. The topological polar surface area (TPSA) is 67.9 Å². The number of aliphatic hydroxyl groups excluding tert-OH is 1. The molecule has 0 amide bonds. The molecule has 0 aromatic heterocycles. The summed E-state index contributed by atoms with van der Waals surface area (Å²) in [6.45, 7) is 3.53. The molecule has 0 aliphatic heterocycles. The van der Waals surface area contributed by atoms with Gasteiger partial charge in [-0.1, -0.05) is 4.86 Å². The van der Waals surface area contributed by atoms with Gasteiger partial charge in [-0.2, -0.15) is 0 Å². The van der Waals surface area contributed by atoms with Crippen molar-refractivity contribution in [2.24, 2.45) is 5.28 Å². The van der Waals surface area contributed by atoms with Crippen molar-refractivity contribution in [3.05, 3.63) is 5.21 Å². The zero-order valence-electron chi connectivity index (χ0n) is 6.15. The molecule has 1 atom stereocenters. The van der Waals surface area contributed by atoms with Crippen LogP contribution in [0.4, 0.5) is 0 Å². The van der Waals surface area contributed by atoms with Gasteiger partial charge >= 0.3 is 0 Å². The average Bonchev–Trinajstić information content (AvgIpc) is 1.82. The lowest BCUT2D eigenvalue weighted by Gasteiger charge is -2.00. The quantitative estimate of drug-likeness (QED) is 0.353. The van der Waals surface area contributed by atoms with Gasteiger partial charge in [-0.3, -0.25) is 0 Å². The summed E-state index contributed by atoms with van der Waals surface area (Å²) >= 11 is 0. The van der Waals surface area contributed by atoms with Crippen LogP contribution in [-0.4, -0.2) is 29.2 Å². The smallest absolute Gasteiger partial charge is 0.209 e. The van der Waals surface area contributed by atoms with Crippen molar-refractivity contribution in [1.29, 1.82) is 0 Å². The summed E-state index contributed by atoms with van der Waals surface area (Å²) in [4.78, 5) is 4.74. The fourth-order valence-electron chi connectivity index (χ4n) is 0.381. The van der Waals surface area contributed by atoms with Crippen molar-refractivity contribution in [1.82, 2.24) is 0 Å². The van der Waals surface area contributed by atoms with Crippen molar-refractivity contribution in [3.63, 3.8) is 0 Å². The number of nitrogens with zero attached hydrogens (tertiary/aromatic N) is 2. The maximum absolute atomic E-state index is 10.5. The fourth-order valence-corrected chi connectivity index (χ4v) is 0.381. The first-order chi connectivity index (χ1) is 4.66. The lowest BCUT2D eigenvalue weighted by Crippen LogP contribution is -2.16. The Hall–Kier alpha value is -0.840. The Bertz CT molecular complexity index is 113. The van der Waals surface area contributed by atoms with Crippen LogP contribution in [0.1, 0.15) is 13.8 Å². The van der Waals surface area contributed by atoms with Crippen molar-refractivity contribution in [2.45, 2.75) is 20.0 Å². The highest BCUT2D eigenvalue weighted by molar-refractivity contribution is 4.36. The molecule has 60 valence electrons. The monoisotopic (exact) mass is 148 g/mol. The maximum atomic E-state index is 10.5. The second-order valence-corrected chi connectivity index (χ2v) is 1.88. The van der Waals surface area contributed by atoms with E-state index in [9.17, 15) is 5.21 Å². The highest BCUT2D eigenvalue weighted by Crippen LogP contribution is 1.84. The van der Waals surface area contributed by atoms with Crippen LogP contribution in [0.2, 0.25) is 0 Å². The van der Waals surface area contributed by atoms with Crippen molar-refractivity contribution < 1.29 is 14.8 Å². The largest absolute Gasteiger partial charge is 0.597 e. The van der Waals surface area contributed by atoms with Gasteiger partial charge in [-0.05, 0) is 13.8 Å². The average molecular weight is 148 g/mol. The molecule has 0 aromatic carbocycles. The molecule has 5 heteroatoms. The lowest BCUT2D eigenvalue weighted by molar-refractivity contribution is -0.565. The number of hydroxylamine groups is 1. The molecule has 0 aliphatic carbocycles. The third-order valence-corrected chi connectivity index (χ3v) is 0.698. The predicted molar refractivity (Wildman–Crippen MR) is 34.2 cm³/mol. The van der Waals surface area contributed by atoms with Crippen LogP contribution in [0, 0.1) is 5.21 Å². The second kappa shape index (κ2) is 4.99. The molecule has 0 bridgehead atoms. The van der Waals surface area contributed by atoms with Gasteiger partial charge in [0.2, 0.25) is 6.54 Å². The predicted octanol–water partition coefficient (Wildman–Crippen LogP) is 0.281. The first kappa shape index (κ1) is 9.16. The van der Waals surface area contributed by atoms with E-state index in [2.05, 4.69) is 10.1 Å². The Kier molecular flexibility index (Phi) is 4.57. The Balaban J connectivity index is 3.49. The van der Waals surface area contributed by atoms with E-state index >= 15 is 0 Å². The third-order valence-electron chi connectivity index (χ3n) is 0.698. The zero-order chi connectivity index (χ0) is 7.98. The maximum Gasteiger partial charge on any atom is 0.209 e. The van der Waals surface area contributed by atoms with E-state index in [1.807, 2.05) is 0 Å². The minimum absolute atomic E-state index is 0.0556. The molecule has 0 heterocycles. The standard InChI is InChI=1S/C5H12N2O3/c1-3-10-6-7(9)4-5(2)8/h5,8H,3-4H2,1-2H3/b7-6-. The first-order valence-electron chi connectivity index (χ1n) is 3.12. The molecule has 1 unspecified atom stereocenters. The molecule has 0 rings (SSSR count). The van der Waals surface area contributed by atoms with Crippen LogP contribution in [0.25, 0.3) is 0 Å². The van der Waals surface area contributed by atoms with Gasteiger partial charge in [-0.25, -0.2) is 0 Å². The van der Waals surface area contributed by atoms with Gasteiger partial charge in [0.1, 0.15) is 12.7 Å². The normalized spacial score (nSPS) is 14.9. The SMILES string of the molecule is CCO/N=[N+](\[O-])CC(C)O. The van der Waals surface area contributed by atoms with E-state index in [0.29, 0.717) is 11.5 Å². The zero-order valence-corrected chi connectivity index (χ0v) is 6.15. The van der Waals surface area contributed by atoms with Crippen LogP contribution in [0.3, 0.4) is 0 Å². The Labute approximate surface area is 59.5 Å². The highest BCUT2D eigenvalue weighted by Gasteiger charge is 2.01. The summed E-state index contributed by atoms with van der Waals surface area (Å²) in [5.74, 6) is 0. The number of rotatable bonds is 4. The molecule has 5 nitrogen and oxygen atoms in total. The van der Waals surface area contributed by atoms with E-state index in [1.54, 1.807) is 6.92 Å². The van der Waals surface area contributed by atoms with Crippen molar-refractivity contribution >= 4 is 0 Å². The van der Waals surface area contributed by atoms with Crippen molar-refractivity contribution in [2.75, 3.05) is 13.2 Å². The van der Waals surface area contributed by atoms with Crippen LogP contribution >= 0.6 is 0 Å². The highest BCUT2D eigenvalue weighted by atomic mass is 16.7. The fraction of sp³-hybridized carbons (Fsp3) is 1.00. The van der Waals surface area contributed by atoms with Gasteiger partial charge in [-0.15, -0.1) is 0 Å². The summed E-state index contributed by atoms with van der Waals surface area (Å²) in [6.07, 6.45) is -0.679. The third kappa shape index (κ3) is 5.30.